The zero-order valence-electron chi connectivity index (χ0n) is 31.7. The molecule has 1 N–H and O–H groups in total. The van der Waals surface area contributed by atoms with Crippen LogP contribution in [0.4, 0.5) is 0 Å². The molecule has 0 amide bonds. The van der Waals surface area contributed by atoms with Gasteiger partial charge < -0.3 is 6.16 Å². The SMILES string of the molecule is C1CCOC1.CC(=N[S@](=O)C(C)(C)C)c1nc2cc(Br)ccc2cc1C.Cc1cc2ccc(Br)cc2nc1[C@@H](C)N[S@](=O)C(C)(C)C.[B].[H-].[Na+]. The Kier molecular flexibility index (Phi) is 19.3. The monoisotopic (exact) mass is 841 g/mol. The zero-order chi connectivity index (χ0) is 35.1. The minimum atomic E-state index is -1.28. The largest absolute Gasteiger partial charge is 1.00 e. The van der Waals surface area contributed by atoms with Crippen LogP contribution in [0, 0.1) is 13.8 Å². The summed E-state index contributed by atoms with van der Waals surface area (Å²) in [7, 11) is -2.39. The molecule has 5 rings (SSSR count). The Labute approximate surface area is 340 Å². The van der Waals surface area contributed by atoms with Gasteiger partial charge in [-0.3, -0.25) is 4.98 Å². The van der Waals surface area contributed by atoms with E-state index in [1.54, 1.807) is 0 Å². The Morgan fingerprint density at radius 2 is 1.35 bits per heavy atom. The first-order chi connectivity index (χ1) is 21.9. The number of hydrogen-bond donors (Lipinski definition) is 1. The average Bonchev–Trinajstić information content (AvgIpc) is 3.57. The topological polar surface area (TPSA) is 93.5 Å². The summed E-state index contributed by atoms with van der Waals surface area (Å²) >= 11 is 6.93. The molecule has 7 nitrogen and oxygen atoms in total. The number of aromatic nitrogens is 2. The first-order valence-electron chi connectivity index (χ1n) is 15.7. The fraction of sp³-hybridized carbons (Fsp3) is 0.472. The molecule has 2 aromatic carbocycles. The molecule has 261 valence electrons. The van der Waals surface area contributed by atoms with Crippen LogP contribution >= 0.6 is 31.9 Å². The van der Waals surface area contributed by atoms with E-state index in [9.17, 15) is 8.42 Å². The molecule has 3 heterocycles. The van der Waals surface area contributed by atoms with Crippen molar-refractivity contribution in [3.63, 3.8) is 0 Å². The van der Waals surface area contributed by atoms with Gasteiger partial charge in [-0.05, 0) is 130 Å². The molecule has 0 unspecified atom stereocenters. The number of fused-ring (bicyclic) bond motifs is 2. The Morgan fingerprint density at radius 3 is 1.80 bits per heavy atom. The Bertz CT molecular complexity index is 1790. The summed E-state index contributed by atoms with van der Waals surface area (Å²) in [6, 6.07) is 16.2. The van der Waals surface area contributed by atoms with Crippen molar-refractivity contribution in [1.29, 1.82) is 0 Å². The number of nitrogens with zero attached hydrogens (tertiary/aromatic N) is 3. The molecule has 3 radical (unpaired) electrons. The molecule has 3 atom stereocenters. The van der Waals surface area contributed by atoms with Crippen LogP contribution in [-0.4, -0.2) is 55.2 Å². The number of rotatable bonds is 5. The van der Waals surface area contributed by atoms with E-state index in [0.717, 1.165) is 66.5 Å². The molecule has 13 heteroatoms. The molecule has 1 aliphatic rings. The molecule has 0 aliphatic carbocycles. The third-order valence-corrected chi connectivity index (χ3v) is 11.3. The first kappa shape index (κ1) is 46.2. The van der Waals surface area contributed by atoms with E-state index < -0.39 is 22.0 Å². The number of halogens is 2. The molecule has 1 fully saturated rings. The molecular weight excluding hydrogens is 794 g/mol. The van der Waals surface area contributed by atoms with Crippen LogP contribution in [0.1, 0.15) is 98.2 Å². The third kappa shape index (κ3) is 14.3. The van der Waals surface area contributed by atoms with Gasteiger partial charge in [0.05, 0.1) is 54.7 Å². The normalized spacial score (nSPS) is 15.1. The Balaban J connectivity index is 0.000000798. The average molecular weight is 844 g/mol. The maximum absolute atomic E-state index is 12.2. The van der Waals surface area contributed by atoms with E-state index in [1.165, 1.54) is 12.8 Å². The van der Waals surface area contributed by atoms with Crippen LogP contribution < -0.4 is 34.3 Å². The van der Waals surface area contributed by atoms with Crippen molar-refractivity contribution in [3.05, 3.63) is 80.0 Å². The predicted octanol–water partition coefficient (Wildman–Crippen LogP) is 6.53. The quantitative estimate of drug-likeness (QED) is 0.183. The summed E-state index contributed by atoms with van der Waals surface area (Å²) in [6.45, 7) is 21.5. The van der Waals surface area contributed by atoms with Gasteiger partial charge in [0.2, 0.25) is 0 Å². The van der Waals surface area contributed by atoms with Crippen molar-refractivity contribution >= 4 is 89.8 Å². The second kappa shape index (κ2) is 20.4. The number of hydrogen-bond acceptors (Lipinski definition) is 5. The van der Waals surface area contributed by atoms with Crippen molar-refractivity contribution in [2.45, 2.75) is 97.6 Å². The summed E-state index contributed by atoms with van der Waals surface area (Å²) in [5.41, 5.74) is 6.45. The zero-order valence-corrected chi connectivity index (χ0v) is 37.5. The second-order valence-electron chi connectivity index (χ2n) is 13.6. The maximum atomic E-state index is 12.2. The van der Waals surface area contributed by atoms with Crippen molar-refractivity contribution in [3.8, 4) is 0 Å². The first-order valence-corrected chi connectivity index (χ1v) is 19.6. The van der Waals surface area contributed by atoms with Crippen LogP contribution in [0.15, 0.2) is 61.9 Å². The molecule has 1 aliphatic heterocycles. The molecular formula is C36H49BBr2N4NaO3S2. The molecule has 0 spiro atoms. The van der Waals surface area contributed by atoms with Gasteiger partial charge in [0.15, 0.2) is 0 Å². The van der Waals surface area contributed by atoms with E-state index in [4.69, 9.17) is 9.72 Å². The van der Waals surface area contributed by atoms with E-state index >= 15 is 0 Å². The van der Waals surface area contributed by atoms with Gasteiger partial charge in [-0.25, -0.2) is 18.1 Å². The smallest absolute Gasteiger partial charge is 1.00 e. The van der Waals surface area contributed by atoms with Crippen LogP contribution in [0.3, 0.4) is 0 Å². The van der Waals surface area contributed by atoms with E-state index in [0.29, 0.717) is 5.71 Å². The minimum absolute atomic E-state index is 0. The van der Waals surface area contributed by atoms with Gasteiger partial charge >= 0.3 is 29.6 Å². The maximum Gasteiger partial charge on any atom is 1.00 e. The second-order valence-corrected chi connectivity index (χ2v) is 19.3. The van der Waals surface area contributed by atoms with Crippen LogP contribution in [0.2, 0.25) is 0 Å². The standard InChI is InChI=1S/C16H21BrN2OS.C16H19BrN2OS.C4H8O.B.Na.H/c2*1-10-8-12-6-7-13(17)9-14(12)18-15(10)11(2)19-21(20)16(3,4)5;1-2-4-5-3-1;;;/h6-9,11,19H,1-5H3;6-9H,1-5H3;1-4H2;;;/q;;;;+1;-1/t11-,21-;21-;;;;/m11..../s1. The Morgan fingerprint density at radius 1 is 0.857 bits per heavy atom. The van der Waals surface area contributed by atoms with Gasteiger partial charge in [0, 0.05) is 41.3 Å². The fourth-order valence-electron chi connectivity index (χ4n) is 4.52. The summed E-state index contributed by atoms with van der Waals surface area (Å²) in [6.07, 6.45) is 2.56. The molecule has 2 aromatic heterocycles. The number of aryl methyl sites for hydroxylation is 2. The van der Waals surface area contributed by atoms with Gasteiger partial charge in [0.1, 0.15) is 11.0 Å². The van der Waals surface area contributed by atoms with E-state index in [1.807, 2.05) is 99.6 Å². The molecule has 1 saturated heterocycles. The van der Waals surface area contributed by atoms with Crippen LogP contribution in [-0.2, 0) is 26.7 Å². The van der Waals surface area contributed by atoms with Crippen molar-refractivity contribution in [1.82, 2.24) is 14.7 Å². The Hall–Kier alpha value is -0.825. The van der Waals surface area contributed by atoms with Crippen molar-refractivity contribution in [2.24, 2.45) is 4.40 Å². The number of nitrogens with one attached hydrogen (secondary N) is 1. The minimum Gasteiger partial charge on any atom is -1.00 e. The van der Waals surface area contributed by atoms with Crippen LogP contribution in [0.25, 0.3) is 21.8 Å². The molecule has 49 heavy (non-hydrogen) atoms. The summed E-state index contributed by atoms with van der Waals surface area (Å²) in [5.74, 6) is 0. The summed E-state index contributed by atoms with van der Waals surface area (Å²) in [4.78, 5) is 9.42. The molecule has 4 aromatic rings. The summed E-state index contributed by atoms with van der Waals surface area (Å²) in [5, 5.41) is 2.20. The van der Waals surface area contributed by atoms with Gasteiger partial charge in [-0.2, -0.15) is 4.40 Å². The predicted molar refractivity (Wildman–Crippen MR) is 215 cm³/mol. The number of benzene rings is 2. The fourth-order valence-corrected chi connectivity index (χ4v) is 6.61. The third-order valence-electron chi connectivity index (χ3n) is 7.14. The summed E-state index contributed by atoms with van der Waals surface area (Å²) < 4.78 is 38.2. The number of pyridine rings is 2. The van der Waals surface area contributed by atoms with Gasteiger partial charge in [-0.15, -0.1) is 0 Å². The molecule has 0 bridgehead atoms. The van der Waals surface area contributed by atoms with E-state index in [-0.39, 0.29) is 54.9 Å². The van der Waals surface area contributed by atoms with Gasteiger partial charge in [-0.1, -0.05) is 44.0 Å². The van der Waals surface area contributed by atoms with E-state index in [2.05, 4.69) is 64.2 Å². The van der Waals surface area contributed by atoms with Crippen LogP contribution in [0.5, 0.6) is 0 Å². The van der Waals surface area contributed by atoms with Crippen molar-refractivity contribution in [2.75, 3.05) is 13.2 Å². The van der Waals surface area contributed by atoms with Crippen molar-refractivity contribution < 1.29 is 44.1 Å². The molecule has 0 saturated carbocycles. The number of ether oxygens (including phenoxy) is 1. The van der Waals surface area contributed by atoms with Gasteiger partial charge in [0.25, 0.3) is 0 Å².